The minimum absolute atomic E-state index is 0.330. The van der Waals surface area contributed by atoms with Gasteiger partial charge in [-0.05, 0) is 30.2 Å². The normalized spacial score (nSPS) is 10.4. The molecule has 0 bridgehead atoms. The minimum Gasteiger partial charge on any atom is -0.503 e. The Hall–Kier alpha value is -3.03. The maximum Gasteiger partial charge on any atom is 0.223 e. The van der Waals surface area contributed by atoms with Crippen molar-refractivity contribution in [2.45, 2.75) is 13.5 Å². The van der Waals surface area contributed by atoms with Gasteiger partial charge in [-0.3, -0.25) is 4.79 Å². The van der Waals surface area contributed by atoms with E-state index in [1.807, 2.05) is 31.2 Å². The Labute approximate surface area is 150 Å². The summed E-state index contributed by atoms with van der Waals surface area (Å²) >= 11 is 6.42. The molecular weight excluding hydrogens is 336 g/mol. The number of aromatic nitrogens is 1. The average Bonchev–Trinajstić information content (AvgIpc) is 2.61. The quantitative estimate of drug-likeness (QED) is 0.773. The summed E-state index contributed by atoms with van der Waals surface area (Å²) < 4.78 is 1.76. The Morgan fingerprint density at radius 2 is 1.96 bits per heavy atom. The van der Waals surface area contributed by atoms with E-state index < -0.39 is 5.43 Å². The third-order valence-corrected chi connectivity index (χ3v) is 4.49. The lowest BCUT2D eigenvalue weighted by Crippen LogP contribution is -2.11. The van der Waals surface area contributed by atoms with E-state index in [1.165, 1.54) is 12.3 Å². The zero-order valence-electron chi connectivity index (χ0n) is 13.5. The van der Waals surface area contributed by atoms with Crippen LogP contribution in [-0.2, 0) is 6.54 Å². The molecule has 2 aromatic carbocycles. The van der Waals surface area contributed by atoms with Gasteiger partial charge >= 0.3 is 0 Å². The van der Waals surface area contributed by atoms with Crippen molar-refractivity contribution in [3.63, 3.8) is 0 Å². The number of hydrogen-bond donors (Lipinski definition) is 1. The minimum atomic E-state index is -0.463. The second kappa shape index (κ2) is 6.84. The molecule has 124 valence electrons. The number of pyridine rings is 1. The first-order valence-electron chi connectivity index (χ1n) is 7.67. The van der Waals surface area contributed by atoms with Crippen molar-refractivity contribution in [1.82, 2.24) is 4.57 Å². The molecule has 0 radical (unpaired) electrons. The number of nitriles is 1. The lowest BCUT2D eigenvalue weighted by molar-refractivity contribution is 0.462. The highest BCUT2D eigenvalue weighted by Crippen LogP contribution is 2.30. The van der Waals surface area contributed by atoms with Gasteiger partial charge in [0, 0.05) is 18.2 Å². The molecule has 0 atom stereocenters. The first-order valence-corrected chi connectivity index (χ1v) is 8.05. The molecule has 1 N–H and O–H groups in total. The molecule has 0 amide bonds. The van der Waals surface area contributed by atoms with E-state index in [-0.39, 0.29) is 5.75 Å². The van der Waals surface area contributed by atoms with Gasteiger partial charge < -0.3 is 9.67 Å². The third-order valence-electron chi connectivity index (χ3n) is 3.98. The van der Waals surface area contributed by atoms with Crippen molar-refractivity contribution in [2.24, 2.45) is 0 Å². The second-order valence-electron chi connectivity index (χ2n) is 5.78. The highest BCUT2D eigenvalue weighted by Gasteiger charge is 2.13. The highest BCUT2D eigenvalue weighted by atomic mass is 35.5. The van der Waals surface area contributed by atoms with E-state index in [0.29, 0.717) is 22.8 Å². The predicted octanol–water partition coefficient (Wildman–Crippen LogP) is 4.10. The fraction of sp³-hybridized carbons (Fsp3) is 0.100. The van der Waals surface area contributed by atoms with Gasteiger partial charge in [0.25, 0.3) is 0 Å². The number of halogens is 1. The van der Waals surface area contributed by atoms with Gasteiger partial charge in [0.2, 0.25) is 5.43 Å². The number of aryl methyl sites for hydroxylation is 1. The standard InChI is InChI=1S/C20H15ClN2O2/c1-13-4-2-7-16(20(13)21)17-9-18(24)19(25)12-23(17)11-15-6-3-5-14(8-15)10-22/h2-9,12,25H,11H2,1H3. The lowest BCUT2D eigenvalue weighted by atomic mass is 10.1. The van der Waals surface area contributed by atoms with Gasteiger partial charge in [-0.15, -0.1) is 0 Å². The van der Waals surface area contributed by atoms with Gasteiger partial charge in [-0.25, -0.2) is 0 Å². The van der Waals surface area contributed by atoms with Crippen LogP contribution in [0.5, 0.6) is 5.75 Å². The molecule has 0 aliphatic heterocycles. The topological polar surface area (TPSA) is 66.0 Å². The van der Waals surface area contributed by atoms with Gasteiger partial charge in [-0.1, -0.05) is 41.9 Å². The zero-order valence-corrected chi connectivity index (χ0v) is 14.3. The van der Waals surface area contributed by atoms with Crippen LogP contribution in [0, 0.1) is 18.3 Å². The van der Waals surface area contributed by atoms with Gasteiger partial charge in [0.05, 0.1) is 28.5 Å². The third kappa shape index (κ3) is 3.42. The Bertz CT molecular complexity index is 1050. The molecule has 0 spiro atoms. The summed E-state index contributed by atoms with van der Waals surface area (Å²) in [5.41, 5.74) is 3.20. The van der Waals surface area contributed by atoms with Crippen LogP contribution in [0.15, 0.2) is 59.5 Å². The van der Waals surface area contributed by atoms with Crippen molar-refractivity contribution in [2.75, 3.05) is 0 Å². The molecular formula is C20H15ClN2O2. The molecule has 1 heterocycles. The van der Waals surface area contributed by atoms with Crippen LogP contribution in [0.2, 0.25) is 5.02 Å². The number of aromatic hydroxyl groups is 1. The number of hydrogen-bond acceptors (Lipinski definition) is 3. The SMILES string of the molecule is Cc1cccc(-c2cc(=O)c(O)cn2Cc2cccc(C#N)c2)c1Cl. The Morgan fingerprint density at radius 3 is 2.72 bits per heavy atom. The first-order chi connectivity index (χ1) is 12.0. The number of nitrogens with zero attached hydrogens (tertiary/aromatic N) is 2. The van der Waals surface area contributed by atoms with Crippen LogP contribution in [0.25, 0.3) is 11.3 Å². The van der Waals surface area contributed by atoms with Crippen molar-refractivity contribution in [3.05, 3.63) is 86.7 Å². The molecule has 0 fully saturated rings. The second-order valence-corrected chi connectivity index (χ2v) is 6.16. The summed E-state index contributed by atoms with van der Waals surface area (Å²) in [6, 6.07) is 16.3. The molecule has 0 saturated heterocycles. The molecule has 0 aliphatic rings. The smallest absolute Gasteiger partial charge is 0.223 e. The van der Waals surface area contributed by atoms with Crippen molar-refractivity contribution < 1.29 is 5.11 Å². The maximum atomic E-state index is 12.0. The van der Waals surface area contributed by atoms with Crippen molar-refractivity contribution >= 4 is 11.6 Å². The molecule has 0 saturated carbocycles. The van der Waals surface area contributed by atoms with Crippen LogP contribution in [0.4, 0.5) is 0 Å². The van der Waals surface area contributed by atoms with E-state index in [9.17, 15) is 9.90 Å². The highest BCUT2D eigenvalue weighted by molar-refractivity contribution is 6.34. The summed E-state index contributed by atoms with van der Waals surface area (Å²) in [7, 11) is 0. The summed E-state index contributed by atoms with van der Waals surface area (Å²) in [5, 5.41) is 19.5. The predicted molar refractivity (Wildman–Crippen MR) is 97.8 cm³/mol. The summed E-state index contributed by atoms with van der Waals surface area (Å²) in [6.07, 6.45) is 1.40. The van der Waals surface area contributed by atoms with Gasteiger partial charge in [-0.2, -0.15) is 5.26 Å². The molecule has 0 unspecified atom stereocenters. The molecule has 3 rings (SSSR count). The van der Waals surface area contributed by atoms with E-state index in [1.54, 1.807) is 22.8 Å². The summed E-state index contributed by atoms with van der Waals surface area (Å²) in [4.78, 5) is 12.0. The average molecular weight is 351 g/mol. The largest absolute Gasteiger partial charge is 0.503 e. The fourth-order valence-electron chi connectivity index (χ4n) is 2.71. The van der Waals surface area contributed by atoms with E-state index in [2.05, 4.69) is 6.07 Å². The van der Waals surface area contributed by atoms with Crippen LogP contribution in [-0.4, -0.2) is 9.67 Å². The molecule has 3 aromatic rings. The summed E-state index contributed by atoms with van der Waals surface area (Å²) in [6.45, 7) is 2.29. The Morgan fingerprint density at radius 1 is 1.20 bits per heavy atom. The summed E-state index contributed by atoms with van der Waals surface area (Å²) in [5.74, 6) is -0.330. The van der Waals surface area contributed by atoms with E-state index in [0.717, 1.165) is 16.7 Å². The molecule has 1 aromatic heterocycles. The number of benzene rings is 2. The molecule has 4 nitrogen and oxygen atoms in total. The van der Waals surface area contributed by atoms with E-state index in [4.69, 9.17) is 16.9 Å². The van der Waals surface area contributed by atoms with Crippen molar-refractivity contribution in [3.8, 4) is 23.1 Å². The monoisotopic (exact) mass is 350 g/mol. The molecule has 5 heteroatoms. The lowest BCUT2D eigenvalue weighted by Gasteiger charge is -2.16. The first kappa shape index (κ1) is 16.8. The fourth-order valence-corrected chi connectivity index (χ4v) is 2.93. The van der Waals surface area contributed by atoms with Crippen molar-refractivity contribution in [1.29, 1.82) is 5.26 Å². The molecule has 25 heavy (non-hydrogen) atoms. The van der Waals surface area contributed by atoms with E-state index >= 15 is 0 Å². The van der Waals surface area contributed by atoms with Crippen LogP contribution >= 0.6 is 11.6 Å². The molecule has 0 aliphatic carbocycles. The van der Waals surface area contributed by atoms with Crippen LogP contribution in [0.1, 0.15) is 16.7 Å². The van der Waals surface area contributed by atoms with Gasteiger partial charge in [0.1, 0.15) is 0 Å². The number of rotatable bonds is 3. The maximum absolute atomic E-state index is 12.0. The Balaban J connectivity index is 2.16. The Kier molecular flexibility index (Phi) is 4.60. The van der Waals surface area contributed by atoms with Crippen LogP contribution < -0.4 is 5.43 Å². The van der Waals surface area contributed by atoms with Gasteiger partial charge in [0.15, 0.2) is 5.75 Å². The van der Waals surface area contributed by atoms with Crippen LogP contribution in [0.3, 0.4) is 0 Å². The zero-order chi connectivity index (χ0) is 18.0.